The smallest absolute Gasteiger partial charge is 0.326 e. The van der Waals surface area contributed by atoms with E-state index in [0.29, 0.717) is 5.69 Å². The van der Waals surface area contributed by atoms with Crippen molar-refractivity contribution in [2.75, 3.05) is 17.2 Å². The topological polar surface area (TPSA) is 94.9 Å². The van der Waals surface area contributed by atoms with Crippen molar-refractivity contribution in [3.05, 3.63) is 24.3 Å². The number of nitrogens with zero attached hydrogens (tertiary/aromatic N) is 1. The fraction of sp³-hybridized carbons (Fsp3) is 0.462. The minimum atomic E-state index is -3.26. The molecule has 1 saturated heterocycles. The van der Waals surface area contributed by atoms with Crippen LogP contribution in [0.2, 0.25) is 0 Å². The molecule has 0 radical (unpaired) electrons. The average molecular weight is 299 g/mol. The van der Waals surface area contributed by atoms with Crippen LogP contribution in [0.15, 0.2) is 29.2 Å². The van der Waals surface area contributed by atoms with E-state index in [1.807, 2.05) is 0 Å². The first kappa shape index (κ1) is 14.8. The third-order valence-electron chi connectivity index (χ3n) is 3.47. The van der Waals surface area contributed by atoms with Gasteiger partial charge in [-0.15, -0.1) is 0 Å². The Morgan fingerprint density at radius 2 is 1.95 bits per heavy atom. The molecule has 2 unspecified atom stereocenters. The first-order chi connectivity index (χ1) is 9.35. The summed E-state index contributed by atoms with van der Waals surface area (Å²) in [6.45, 7) is 1.80. The fourth-order valence-corrected chi connectivity index (χ4v) is 3.23. The highest BCUT2D eigenvalue weighted by Gasteiger charge is 2.36. The molecule has 1 aromatic carbocycles. The van der Waals surface area contributed by atoms with Gasteiger partial charge in [-0.1, -0.05) is 6.92 Å². The first-order valence-corrected chi connectivity index (χ1v) is 8.00. The molecule has 0 aliphatic carbocycles. The Bertz CT molecular complexity index is 596. The second-order valence-electron chi connectivity index (χ2n) is 4.79. The highest BCUT2D eigenvalue weighted by molar-refractivity contribution is 7.91. The molecule has 2 N–H and O–H groups in total. The second-order valence-corrected chi connectivity index (χ2v) is 7.07. The van der Waals surface area contributed by atoms with E-state index in [1.165, 1.54) is 12.1 Å². The summed E-state index contributed by atoms with van der Waals surface area (Å²) in [6, 6.07) is 5.32. The lowest BCUT2D eigenvalue weighted by Crippen LogP contribution is -2.35. The molecule has 20 heavy (non-hydrogen) atoms. The maximum atomic E-state index is 11.7. The second kappa shape index (κ2) is 5.41. The predicted octanol–water partition coefficient (Wildman–Crippen LogP) is 0.504. The van der Waals surface area contributed by atoms with Gasteiger partial charge in [0.25, 0.3) is 0 Å². The van der Waals surface area contributed by atoms with Crippen LogP contribution >= 0.6 is 0 Å². The van der Waals surface area contributed by atoms with E-state index in [-0.39, 0.29) is 23.6 Å². The van der Waals surface area contributed by atoms with Crippen LogP contribution in [0.5, 0.6) is 0 Å². The number of carboxylic acid groups (broad SMARTS) is 1. The SMILES string of the molecule is CCS(=O)(=O)c1ccc(N2CC(O)CC2C(=O)O)cc1. The maximum absolute atomic E-state index is 11.7. The number of hydrogen-bond donors (Lipinski definition) is 2. The van der Waals surface area contributed by atoms with Crippen molar-refractivity contribution in [2.45, 2.75) is 30.4 Å². The van der Waals surface area contributed by atoms with Crippen LogP contribution in [-0.4, -0.2) is 49.0 Å². The summed E-state index contributed by atoms with van der Waals surface area (Å²) in [6.07, 6.45) is -0.514. The van der Waals surface area contributed by atoms with Gasteiger partial charge in [-0.2, -0.15) is 0 Å². The molecular formula is C13H17NO5S. The summed E-state index contributed by atoms with van der Waals surface area (Å²) >= 11 is 0. The Hall–Kier alpha value is -1.60. The molecule has 0 spiro atoms. The van der Waals surface area contributed by atoms with Crippen molar-refractivity contribution in [3.8, 4) is 0 Å². The number of carboxylic acids is 1. The van der Waals surface area contributed by atoms with E-state index in [0.717, 1.165) is 0 Å². The summed E-state index contributed by atoms with van der Waals surface area (Å²) in [5.74, 6) is -0.973. The Balaban J connectivity index is 2.28. The van der Waals surface area contributed by atoms with E-state index >= 15 is 0 Å². The lowest BCUT2D eigenvalue weighted by atomic mass is 10.2. The number of aliphatic hydroxyl groups is 1. The number of sulfone groups is 1. The number of rotatable bonds is 4. The van der Waals surface area contributed by atoms with Crippen LogP contribution in [-0.2, 0) is 14.6 Å². The normalized spacial score (nSPS) is 23.0. The van der Waals surface area contributed by atoms with Crippen molar-refractivity contribution < 1.29 is 23.4 Å². The van der Waals surface area contributed by atoms with E-state index < -0.39 is 28.0 Å². The van der Waals surface area contributed by atoms with Gasteiger partial charge in [-0.05, 0) is 24.3 Å². The molecule has 110 valence electrons. The van der Waals surface area contributed by atoms with Crippen LogP contribution in [0, 0.1) is 0 Å². The van der Waals surface area contributed by atoms with E-state index in [1.54, 1.807) is 24.0 Å². The van der Waals surface area contributed by atoms with Crippen LogP contribution in [0.3, 0.4) is 0 Å². The van der Waals surface area contributed by atoms with Crippen molar-refractivity contribution in [1.29, 1.82) is 0 Å². The molecular weight excluding hydrogens is 282 g/mol. The quantitative estimate of drug-likeness (QED) is 0.841. The third kappa shape index (κ3) is 2.78. The van der Waals surface area contributed by atoms with E-state index in [4.69, 9.17) is 5.11 Å². The minimum Gasteiger partial charge on any atom is -0.480 e. The molecule has 7 heteroatoms. The van der Waals surface area contributed by atoms with Gasteiger partial charge in [0.2, 0.25) is 0 Å². The first-order valence-electron chi connectivity index (χ1n) is 6.35. The van der Waals surface area contributed by atoms with Gasteiger partial charge in [0, 0.05) is 18.7 Å². The molecule has 1 aliphatic rings. The molecule has 0 bridgehead atoms. The van der Waals surface area contributed by atoms with Gasteiger partial charge in [0.15, 0.2) is 9.84 Å². The maximum Gasteiger partial charge on any atom is 0.326 e. The Labute approximate surface area is 117 Å². The van der Waals surface area contributed by atoms with Crippen LogP contribution in [0.1, 0.15) is 13.3 Å². The van der Waals surface area contributed by atoms with Crippen LogP contribution in [0.4, 0.5) is 5.69 Å². The lowest BCUT2D eigenvalue weighted by Gasteiger charge is -2.23. The molecule has 1 aromatic rings. The monoisotopic (exact) mass is 299 g/mol. The number of aliphatic hydroxyl groups excluding tert-OH is 1. The standard InChI is InChI=1S/C13H17NO5S/c1-2-20(18,19)11-5-3-9(4-6-11)14-8-10(15)7-12(14)13(16)17/h3-6,10,12,15H,2,7-8H2,1H3,(H,16,17). The zero-order chi connectivity index (χ0) is 14.9. The summed E-state index contributed by atoms with van der Waals surface area (Å²) in [5.41, 5.74) is 0.601. The fourth-order valence-electron chi connectivity index (χ4n) is 2.34. The molecule has 0 amide bonds. The molecule has 2 atom stereocenters. The molecule has 0 saturated carbocycles. The van der Waals surface area contributed by atoms with Crippen molar-refractivity contribution in [3.63, 3.8) is 0 Å². The molecule has 6 nitrogen and oxygen atoms in total. The van der Waals surface area contributed by atoms with Gasteiger partial charge in [-0.25, -0.2) is 13.2 Å². The predicted molar refractivity (Wildman–Crippen MR) is 73.6 cm³/mol. The summed E-state index contributed by atoms with van der Waals surface area (Å²) < 4.78 is 23.4. The highest BCUT2D eigenvalue weighted by Crippen LogP contribution is 2.27. The van der Waals surface area contributed by atoms with Crippen LogP contribution < -0.4 is 4.90 Å². The molecule has 1 aliphatic heterocycles. The largest absolute Gasteiger partial charge is 0.480 e. The van der Waals surface area contributed by atoms with Gasteiger partial charge in [0.1, 0.15) is 6.04 Å². The Kier molecular flexibility index (Phi) is 4.01. The molecule has 1 heterocycles. The van der Waals surface area contributed by atoms with Gasteiger partial charge < -0.3 is 15.1 Å². The molecule has 1 fully saturated rings. The number of hydrogen-bond acceptors (Lipinski definition) is 5. The Morgan fingerprint density at radius 1 is 1.35 bits per heavy atom. The van der Waals surface area contributed by atoms with Crippen molar-refractivity contribution in [2.24, 2.45) is 0 Å². The lowest BCUT2D eigenvalue weighted by molar-refractivity contribution is -0.138. The van der Waals surface area contributed by atoms with Crippen LogP contribution in [0.25, 0.3) is 0 Å². The van der Waals surface area contributed by atoms with Gasteiger partial charge in [0.05, 0.1) is 16.8 Å². The number of benzene rings is 1. The third-order valence-corrected chi connectivity index (χ3v) is 5.22. The summed E-state index contributed by atoms with van der Waals surface area (Å²) in [7, 11) is -3.26. The number of anilines is 1. The van der Waals surface area contributed by atoms with E-state index in [9.17, 15) is 18.3 Å². The minimum absolute atomic E-state index is 0.0204. The Morgan fingerprint density at radius 3 is 2.45 bits per heavy atom. The van der Waals surface area contributed by atoms with Crippen molar-refractivity contribution >= 4 is 21.5 Å². The zero-order valence-corrected chi connectivity index (χ0v) is 11.9. The highest BCUT2D eigenvalue weighted by atomic mass is 32.2. The zero-order valence-electron chi connectivity index (χ0n) is 11.1. The van der Waals surface area contributed by atoms with E-state index in [2.05, 4.69) is 0 Å². The van der Waals surface area contributed by atoms with Crippen molar-refractivity contribution in [1.82, 2.24) is 0 Å². The average Bonchev–Trinajstić information content (AvgIpc) is 2.81. The summed E-state index contributed by atoms with van der Waals surface area (Å²) in [4.78, 5) is 13.0. The summed E-state index contributed by atoms with van der Waals surface area (Å²) in [5, 5.41) is 18.7. The molecule has 0 aromatic heterocycles. The van der Waals surface area contributed by atoms with Gasteiger partial charge in [-0.3, -0.25) is 0 Å². The number of carbonyl (C=O) groups is 1. The van der Waals surface area contributed by atoms with Gasteiger partial charge >= 0.3 is 5.97 Å². The number of β-amino-alcohol motifs (C(OH)–C–C–N with tert-alkyl or cyclic N) is 1. The number of aliphatic carboxylic acids is 1. The molecule has 2 rings (SSSR count).